The fourth-order valence-electron chi connectivity index (χ4n) is 3.66. The van der Waals surface area contributed by atoms with Crippen LogP contribution in [0.4, 0.5) is 0 Å². The van der Waals surface area contributed by atoms with E-state index in [0.717, 1.165) is 27.8 Å². The van der Waals surface area contributed by atoms with Crippen molar-refractivity contribution in [2.75, 3.05) is 19.3 Å². The molecule has 0 spiro atoms. The molecule has 1 aliphatic rings. The molecule has 0 aliphatic carbocycles. The number of nitrogens with one attached hydrogen (secondary N) is 1. The highest BCUT2D eigenvalue weighted by Crippen LogP contribution is 2.34. The van der Waals surface area contributed by atoms with Crippen LogP contribution >= 0.6 is 0 Å². The first-order valence-electron chi connectivity index (χ1n) is 9.00. The summed E-state index contributed by atoms with van der Waals surface area (Å²) in [6.45, 7) is 0.784. The van der Waals surface area contributed by atoms with Gasteiger partial charge < -0.3 is 10.7 Å². The highest BCUT2D eigenvalue weighted by atomic mass is 32.2. The van der Waals surface area contributed by atoms with Crippen molar-refractivity contribution in [3.63, 3.8) is 0 Å². The quantitative estimate of drug-likeness (QED) is 0.711. The molecule has 7 heteroatoms. The molecule has 0 atom stereocenters. The summed E-state index contributed by atoms with van der Waals surface area (Å²) in [7, 11) is -3.20. The summed E-state index contributed by atoms with van der Waals surface area (Å²) < 4.78 is 24.9. The molecule has 0 saturated carbocycles. The molecule has 1 aliphatic heterocycles. The van der Waals surface area contributed by atoms with Crippen LogP contribution in [-0.2, 0) is 10.0 Å². The number of nitrogens with zero attached hydrogens (tertiary/aromatic N) is 1. The number of H-pyrrole nitrogens is 1. The zero-order chi connectivity index (χ0) is 19.9. The van der Waals surface area contributed by atoms with Crippen LogP contribution in [0.25, 0.3) is 27.6 Å². The molecule has 2 heterocycles. The lowest BCUT2D eigenvalue weighted by Crippen LogP contribution is -2.33. The van der Waals surface area contributed by atoms with Gasteiger partial charge in [0.2, 0.25) is 10.0 Å². The van der Waals surface area contributed by atoms with Crippen molar-refractivity contribution < 1.29 is 13.2 Å². The van der Waals surface area contributed by atoms with E-state index >= 15 is 0 Å². The summed E-state index contributed by atoms with van der Waals surface area (Å²) in [5.74, 6) is -0.487. The standard InChI is InChI=1S/C21H21N3O3S/c1-28(26,27)24-11-9-15(10-12-24)19-13-18-16(14-5-3-2-4-6-14)7-8-17(21(22)25)20(18)23-19/h2-9,13,23H,10-12H2,1H3,(H2,22,25). The lowest BCUT2D eigenvalue weighted by atomic mass is 9.98. The summed E-state index contributed by atoms with van der Waals surface area (Å²) in [5, 5.41) is 0.920. The lowest BCUT2D eigenvalue weighted by molar-refractivity contribution is 0.100. The molecule has 0 bridgehead atoms. The van der Waals surface area contributed by atoms with Crippen LogP contribution in [0, 0.1) is 0 Å². The molecule has 3 aromatic rings. The average Bonchev–Trinajstić information content (AvgIpc) is 3.12. The molecule has 1 aromatic heterocycles. The van der Waals surface area contributed by atoms with Crippen LogP contribution in [0.3, 0.4) is 0 Å². The molecule has 1 amide bonds. The predicted octanol–water partition coefficient (Wildman–Crippen LogP) is 2.98. The smallest absolute Gasteiger partial charge is 0.250 e. The number of benzene rings is 2. The van der Waals surface area contributed by atoms with Gasteiger partial charge in [0.1, 0.15) is 0 Å². The minimum absolute atomic E-state index is 0.345. The number of aromatic nitrogens is 1. The second kappa shape index (κ2) is 6.92. The Morgan fingerprint density at radius 2 is 1.89 bits per heavy atom. The number of nitrogens with two attached hydrogens (primary N) is 1. The Hall–Kier alpha value is -2.90. The van der Waals surface area contributed by atoms with Crippen LogP contribution in [0.1, 0.15) is 22.5 Å². The second-order valence-corrected chi connectivity index (χ2v) is 8.95. The zero-order valence-corrected chi connectivity index (χ0v) is 16.3. The van der Waals surface area contributed by atoms with E-state index in [2.05, 4.69) is 4.98 Å². The molecule has 4 rings (SSSR count). The molecule has 144 valence electrons. The maximum absolute atomic E-state index is 11.9. The third kappa shape index (κ3) is 3.34. The Labute approximate surface area is 163 Å². The number of sulfonamides is 1. The van der Waals surface area contributed by atoms with Gasteiger partial charge in [-0.1, -0.05) is 42.5 Å². The van der Waals surface area contributed by atoms with Gasteiger partial charge in [-0.05, 0) is 35.3 Å². The number of fused-ring (bicyclic) bond motifs is 1. The van der Waals surface area contributed by atoms with Crippen LogP contribution in [0.15, 0.2) is 54.6 Å². The zero-order valence-electron chi connectivity index (χ0n) is 15.5. The number of carbonyl (C=O) groups is 1. The highest BCUT2D eigenvalue weighted by Gasteiger charge is 2.22. The first-order chi connectivity index (χ1) is 13.3. The third-order valence-electron chi connectivity index (χ3n) is 5.13. The van der Waals surface area contributed by atoms with Crippen LogP contribution in [0.5, 0.6) is 0 Å². The predicted molar refractivity (Wildman–Crippen MR) is 111 cm³/mol. The van der Waals surface area contributed by atoms with E-state index in [1.807, 2.05) is 48.5 Å². The van der Waals surface area contributed by atoms with Gasteiger partial charge in [0.15, 0.2) is 0 Å². The molecule has 2 aromatic carbocycles. The van der Waals surface area contributed by atoms with Crippen molar-refractivity contribution in [3.8, 4) is 11.1 Å². The molecular weight excluding hydrogens is 374 g/mol. The number of amides is 1. The fraction of sp³-hybridized carbons (Fsp3) is 0.190. The molecule has 0 fully saturated rings. The summed E-state index contributed by atoms with van der Waals surface area (Å²) in [6.07, 6.45) is 3.74. The summed E-state index contributed by atoms with van der Waals surface area (Å²) in [4.78, 5) is 15.3. The SMILES string of the molecule is CS(=O)(=O)N1CC=C(c2cc3c(-c4ccccc4)ccc(C(N)=O)c3[nH]2)CC1. The van der Waals surface area contributed by atoms with E-state index in [1.54, 1.807) is 6.07 Å². The number of rotatable bonds is 4. The number of primary amides is 1. The molecular formula is C21H21N3O3S. The third-order valence-corrected chi connectivity index (χ3v) is 6.40. The van der Waals surface area contributed by atoms with Crippen LogP contribution < -0.4 is 5.73 Å². The Morgan fingerprint density at radius 1 is 1.14 bits per heavy atom. The van der Waals surface area contributed by atoms with E-state index in [0.29, 0.717) is 30.6 Å². The summed E-state index contributed by atoms with van der Waals surface area (Å²) >= 11 is 0. The largest absolute Gasteiger partial charge is 0.366 e. The highest BCUT2D eigenvalue weighted by molar-refractivity contribution is 7.88. The molecule has 0 saturated heterocycles. The molecule has 28 heavy (non-hydrogen) atoms. The first-order valence-corrected chi connectivity index (χ1v) is 10.8. The molecule has 6 nitrogen and oxygen atoms in total. The van der Waals surface area contributed by atoms with Gasteiger partial charge in [-0.3, -0.25) is 4.79 Å². The summed E-state index contributed by atoms with van der Waals surface area (Å²) in [5.41, 5.74) is 10.7. The monoisotopic (exact) mass is 395 g/mol. The Bertz CT molecular complexity index is 1190. The lowest BCUT2D eigenvalue weighted by Gasteiger charge is -2.23. The number of aromatic amines is 1. The van der Waals surface area contributed by atoms with Gasteiger partial charge in [0, 0.05) is 24.2 Å². The van der Waals surface area contributed by atoms with Crippen molar-refractivity contribution in [2.45, 2.75) is 6.42 Å². The van der Waals surface area contributed by atoms with Gasteiger partial charge in [-0.15, -0.1) is 0 Å². The van der Waals surface area contributed by atoms with Gasteiger partial charge >= 0.3 is 0 Å². The average molecular weight is 395 g/mol. The minimum atomic E-state index is -3.20. The van der Waals surface area contributed by atoms with Gasteiger partial charge in [-0.2, -0.15) is 4.31 Å². The van der Waals surface area contributed by atoms with E-state index in [1.165, 1.54) is 10.6 Å². The van der Waals surface area contributed by atoms with Crippen molar-refractivity contribution in [2.24, 2.45) is 5.73 Å². The maximum atomic E-state index is 11.9. The van der Waals surface area contributed by atoms with Crippen molar-refractivity contribution in [1.29, 1.82) is 0 Å². The number of carbonyl (C=O) groups excluding carboxylic acids is 1. The minimum Gasteiger partial charge on any atom is -0.366 e. The van der Waals surface area contributed by atoms with Crippen molar-refractivity contribution in [1.82, 2.24) is 9.29 Å². The topological polar surface area (TPSA) is 96.3 Å². The first kappa shape index (κ1) is 18.5. The van der Waals surface area contributed by atoms with Gasteiger partial charge in [-0.25, -0.2) is 8.42 Å². The normalized spacial score (nSPS) is 15.5. The molecule has 0 unspecified atom stereocenters. The Balaban J connectivity index is 1.83. The van der Waals surface area contributed by atoms with E-state index < -0.39 is 15.9 Å². The second-order valence-electron chi connectivity index (χ2n) is 6.96. The Kier molecular flexibility index (Phi) is 4.56. The van der Waals surface area contributed by atoms with Gasteiger partial charge in [0.25, 0.3) is 5.91 Å². The molecule has 3 N–H and O–H groups in total. The van der Waals surface area contributed by atoms with E-state index in [4.69, 9.17) is 5.73 Å². The van der Waals surface area contributed by atoms with Crippen LogP contribution in [0.2, 0.25) is 0 Å². The molecule has 0 radical (unpaired) electrons. The van der Waals surface area contributed by atoms with Crippen molar-refractivity contribution in [3.05, 3.63) is 65.9 Å². The van der Waals surface area contributed by atoms with Crippen molar-refractivity contribution >= 4 is 32.4 Å². The Morgan fingerprint density at radius 3 is 2.50 bits per heavy atom. The number of hydrogen-bond acceptors (Lipinski definition) is 3. The van der Waals surface area contributed by atoms with Crippen LogP contribution in [-0.4, -0.2) is 43.0 Å². The van der Waals surface area contributed by atoms with Gasteiger partial charge in [0.05, 0.1) is 17.3 Å². The summed E-state index contributed by atoms with van der Waals surface area (Å²) in [6, 6.07) is 15.6. The van der Waals surface area contributed by atoms with E-state index in [-0.39, 0.29) is 0 Å². The fourth-order valence-corrected chi connectivity index (χ4v) is 4.43. The van der Waals surface area contributed by atoms with E-state index in [9.17, 15) is 13.2 Å². The maximum Gasteiger partial charge on any atom is 0.250 e. The number of hydrogen-bond donors (Lipinski definition) is 2.